The van der Waals surface area contributed by atoms with E-state index in [1.165, 1.54) is 238 Å². The average molecular weight is 1010 g/mol. The van der Waals surface area contributed by atoms with Crippen molar-refractivity contribution in [2.75, 3.05) is 19.8 Å². The molecule has 0 bridgehead atoms. The van der Waals surface area contributed by atoms with Crippen LogP contribution >= 0.6 is 0 Å². The van der Waals surface area contributed by atoms with Crippen molar-refractivity contribution < 1.29 is 23.8 Å². The first-order chi connectivity index (χ1) is 35.6. The highest BCUT2D eigenvalue weighted by atomic mass is 16.6. The monoisotopic (exact) mass is 1010 g/mol. The summed E-state index contributed by atoms with van der Waals surface area (Å²) in [5.74, 6) is -0.390. The molecule has 0 aromatic carbocycles. The van der Waals surface area contributed by atoms with E-state index < -0.39 is 6.10 Å². The Labute approximate surface area is 450 Å². The van der Waals surface area contributed by atoms with Crippen molar-refractivity contribution in [3.8, 4) is 0 Å². The second-order valence-corrected chi connectivity index (χ2v) is 21.7. The van der Waals surface area contributed by atoms with Crippen molar-refractivity contribution in [3.05, 3.63) is 48.6 Å². The lowest BCUT2D eigenvalue weighted by Gasteiger charge is -2.18. The second kappa shape index (κ2) is 63.2. The lowest BCUT2D eigenvalue weighted by Crippen LogP contribution is -2.30. The second-order valence-electron chi connectivity index (χ2n) is 21.7. The average Bonchev–Trinajstić information content (AvgIpc) is 3.38. The first kappa shape index (κ1) is 69.9. The number of esters is 2. The number of hydrogen-bond donors (Lipinski definition) is 0. The summed E-state index contributed by atoms with van der Waals surface area (Å²) in [5, 5.41) is 0. The van der Waals surface area contributed by atoms with Crippen LogP contribution in [0, 0.1) is 0 Å². The molecule has 0 aliphatic carbocycles. The van der Waals surface area contributed by atoms with Crippen LogP contribution in [0.2, 0.25) is 0 Å². The number of rotatable bonds is 60. The normalized spacial score (nSPS) is 12.4. The topological polar surface area (TPSA) is 61.8 Å². The number of unbranched alkanes of at least 4 members (excludes halogenated alkanes) is 41. The van der Waals surface area contributed by atoms with E-state index in [2.05, 4.69) is 69.4 Å². The number of carbonyl (C=O) groups excluding carboxylic acids is 2. The summed E-state index contributed by atoms with van der Waals surface area (Å²) in [7, 11) is 0. The van der Waals surface area contributed by atoms with E-state index in [9.17, 15) is 9.59 Å². The van der Waals surface area contributed by atoms with Gasteiger partial charge >= 0.3 is 11.9 Å². The van der Waals surface area contributed by atoms with Crippen LogP contribution in [-0.2, 0) is 23.8 Å². The molecule has 0 saturated heterocycles. The minimum absolute atomic E-state index is 0.0835. The van der Waals surface area contributed by atoms with E-state index in [1.54, 1.807) is 0 Å². The standard InChI is InChI=1S/C67H124O5/c1-4-7-10-13-16-19-22-25-28-31-33-35-38-41-44-47-50-53-56-59-62-70-63-65(72-67(69)61-58-55-52-49-46-43-40-36-30-27-24-21-18-15-12-9-6-3)64-71-66(68)60-57-54-51-48-45-42-39-37-34-32-29-26-23-20-17-14-11-8-5-2/h8,11,17,20,26,29,34,37,65H,4-7,9-10,12-16,18-19,21-25,27-28,30-33,35-36,38-64H2,1-3H3/b11-8-,20-17-,29-26-,37-34-. The van der Waals surface area contributed by atoms with Gasteiger partial charge < -0.3 is 14.2 Å². The van der Waals surface area contributed by atoms with Crippen LogP contribution in [0.25, 0.3) is 0 Å². The van der Waals surface area contributed by atoms with Gasteiger partial charge in [0.2, 0.25) is 0 Å². The Balaban J connectivity index is 4.25. The predicted molar refractivity (Wildman–Crippen MR) is 316 cm³/mol. The summed E-state index contributed by atoms with van der Waals surface area (Å²) in [4.78, 5) is 25.6. The Morgan fingerprint density at radius 2 is 0.625 bits per heavy atom. The molecule has 0 heterocycles. The van der Waals surface area contributed by atoms with Crippen LogP contribution in [0.15, 0.2) is 48.6 Å². The lowest BCUT2D eigenvalue weighted by atomic mass is 10.0. The zero-order chi connectivity index (χ0) is 52.0. The predicted octanol–water partition coefficient (Wildman–Crippen LogP) is 22.2. The van der Waals surface area contributed by atoms with Gasteiger partial charge in [-0.25, -0.2) is 0 Å². The largest absolute Gasteiger partial charge is 0.462 e. The highest BCUT2D eigenvalue weighted by molar-refractivity contribution is 5.70. The summed E-state index contributed by atoms with van der Waals surface area (Å²) in [5.41, 5.74) is 0. The van der Waals surface area contributed by atoms with Crippen molar-refractivity contribution in [1.29, 1.82) is 0 Å². The SMILES string of the molecule is CC/C=C\C/C=C\C/C=C\C/C=C\CCCCCCCCC(=O)OCC(COCCCCCCCCCCCCCCCCCCCCCC)OC(=O)CCCCCCCCCCCCCCCCCCC. The fourth-order valence-electron chi connectivity index (χ4n) is 9.62. The third-order valence-corrected chi connectivity index (χ3v) is 14.4. The van der Waals surface area contributed by atoms with Gasteiger partial charge in [0.1, 0.15) is 6.61 Å². The lowest BCUT2D eigenvalue weighted by molar-refractivity contribution is -0.163. The van der Waals surface area contributed by atoms with Gasteiger partial charge in [-0.15, -0.1) is 0 Å². The van der Waals surface area contributed by atoms with E-state index in [4.69, 9.17) is 14.2 Å². The molecule has 0 spiro atoms. The van der Waals surface area contributed by atoms with Crippen molar-refractivity contribution >= 4 is 11.9 Å². The van der Waals surface area contributed by atoms with E-state index in [0.29, 0.717) is 19.4 Å². The molecule has 0 radical (unpaired) electrons. The minimum atomic E-state index is -0.539. The summed E-state index contributed by atoms with van der Waals surface area (Å²) in [6, 6.07) is 0. The van der Waals surface area contributed by atoms with E-state index in [-0.39, 0.29) is 25.2 Å². The van der Waals surface area contributed by atoms with Crippen molar-refractivity contribution in [2.45, 2.75) is 348 Å². The Morgan fingerprint density at radius 1 is 0.319 bits per heavy atom. The van der Waals surface area contributed by atoms with Crippen LogP contribution in [0.1, 0.15) is 342 Å². The van der Waals surface area contributed by atoms with Crippen LogP contribution in [0.5, 0.6) is 0 Å². The first-order valence-electron chi connectivity index (χ1n) is 32.2. The van der Waals surface area contributed by atoms with Gasteiger partial charge in [0, 0.05) is 19.4 Å². The van der Waals surface area contributed by atoms with Crippen molar-refractivity contribution in [1.82, 2.24) is 0 Å². The van der Waals surface area contributed by atoms with Gasteiger partial charge in [-0.2, -0.15) is 0 Å². The molecule has 0 aliphatic rings. The molecule has 0 N–H and O–H groups in total. The van der Waals surface area contributed by atoms with Crippen molar-refractivity contribution in [3.63, 3.8) is 0 Å². The molecule has 0 aromatic rings. The molecule has 0 rings (SSSR count). The Hall–Kier alpha value is -2.14. The summed E-state index contributed by atoms with van der Waals surface area (Å²) >= 11 is 0. The first-order valence-corrected chi connectivity index (χ1v) is 32.2. The van der Waals surface area contributed by atoms with Gasteiger partial charge in [-0.05, 0) is 57.8 Å². The maximum Gasteiger partial charge on any atom is 0.306 e. The van der Waals surface area contributed by atoms with Gasteiger partial charge in [0.05, 0.1) is 6.61 Å². The maximum atomic E-state index is 12.9. The molecule has 1 unspecified atom stereocenters. The molecule has 5 nitrogen and oxygen atoms in total. The number of ether oxygens (including phenoxy) is 3. The summed E-state index contributed by atoms with van der Waals surface area (Å²) in [6.45, 7) is 7.78. The Bertz CT molecular complexity index is 1190. The molecule has 0 fully saturated rings. The molecule has 0 aromatic heterocycles. The highest BCUT2D eigenvalue weighted by Gasteiger charge is 2.18. The van der Waals surface area contributed by atoms with Gasteiger partial charge in [-0.3, -0.25) is 9.59 Å². The van der Waals surface area contributed by atoms with Crippen LogP contribution in [0.4, 0.5) is 0 Å². The van der Waals surface area contributed by atoms with Crippen LogP contribution in [0.3, 0.4) is 0 Å². The molecule has 422 valence electrons. The smallest absolute Gasteiger partial charge is 0.306 e. The van der Waals surface area contributed by atoms with Gasteiger partial charge in [0.15, 0.2) is 6.10 Å². The molecule has 0 amide bonds. The third kappa shape index (κ3) is 60.4. The van der Waals surface area contributed by atoms with Crippen LogP contribution < -0.4 is 0 Å². The third-order valence-electron chi connectivity index (χ3n) is 14.4. The number of allylic oxidation sites excluding steroid dienone is 8. The van der Waals surface area contributed by atoms with Crippen molar-refractivity contribution in [2.24, 2.45) is 0 Å². The molecular weight excluding hydrogens is 885 g/mol. The fraction of sp³-hybridized carbons (Fsp3) is 0.851. The molecule has 0 saturated carbocycles. The zero-order valence-electron chi connectivity index (χ0n) is 48.7. The van der Waals surface area contributed by atoms with E-state index in [1.807, 2.05) is 0 Å². The van der Waals surface area contributed by atoms with Gasteiger partial charge in [0.25, 0.3) is 0 Å². The molecular formula is C67H124O5. The van der Waals surface area contributed by atoms with E-state index in [0.717, 1.165) is 70.6 Å². The molecule has 5 heteroatoms. The Morgan fingerprint density at radius 3 is 1.00 bits per heavy atom. The minimum Gasteiger partial charge on any atom is -0.462 e. The molecule has 0 aliphatic heterocycles. The number of hydrogen-bond acceptors (Lipinski definition) is 5. The molecule has 1 atom stereocenters. The van der Waals surface area contributed by atoms with Crippen LogP contribution in [-0.4, -0.2) is 37.9 Å². The quantitative estimate of drug-likeness (QED) is 0.0345. The molecule has 72 heavy (non-hydrogen) atoms. The zero-order valence-corrected chi connectivity index (χ0v) is 48.7. The summed E-state index contributed by atoms with van der Waals surface area (Å²) in [6.07, 6.45) is 80.1. The Kier molecular flexibility index (Phi) is 61.3. The fourth-order valence-corrected chi connectivity index (χ4v) is 9.62. The van der Waals surface area contributed by atoms with E-state index >= 15 is 0 Å². The summed E-state index contributed by atoms with van der Waals surface area (Å²) < 4.78 is 17.6. The maximum absolute atomic E-state index is 12.9. The van der Waals surface area contributed by atoms with Gasteiger partial charge in [-0.1, -0.05) is 320 Å². The number of carbonyl (C=O) groups is 2. The highest BCUT2D eigenvalue weighted by Crippen LogP contribution is 2.18.